The molecule has 0 amide bonds. The van der Waals surface area contributed by atoms with Crippen LogP contribution in [-0.2, 0) is 5.41 Å². The van der Waals surface area contributed by atoms with Crippen molar-refractivity contribution in [3.8, 4) is 78.7 Å². The summed E-state index contributed by atoms with van der Waals surface area (Å²) in [4.78, 5) is 15.2. The van der Waals surface area contributed by atoms with Crippen LogP contribution in [0.1, 0.15) is 22.3 Å². The van der Waals surface area contributed by atoms with Crippen LogP contribution in [0.25, 0.3) is 78.7 Å². The van der Waals surface area contributed by atoms with Gasteiger partial charge in [-0.05, 0) is 78.9 Å². The van der Waals surface area contributed by atoms with Crippen LogP contribution in [0.15, 0.2) is 237 Å². The largest absolute Gasteiger partial charge is 0.208 e. The molecule has 286 valence electrons. The molecule has 0 spiro atoms. The lowest BCUT2D eigenvalue weighted by atomic mass is 9.66. The van der Waals surface area contributed by atoms with Gasteiger partial charge < -0.3 is 0 Å². The topological polar surface area (TPSA) is 38.7 Å². The maximum Gasteiger partial charge on any atom is 0.164 e. The van der Waals surface area contributed by atoms with E-state index in [4.69, 9.17) is 15.0 Å². The second-order valence-corrected chi connectivity index (χ2v) is 15.5. The Morgan fingerprint density at radius 2 is 0.623 bits per heavy atom. The van der Waals surface area contributed by atoms with Gasteiger partial charge in [-0.15, -0.1) is 0 Å². The van der Waals surface area contributed by atoms with Crippen LogP contribution in [0.5, 0.6) is 0 Å². The summed E-state index contributed by atoms with van der Waals surface area (Å²) in [5.41, 5.74) is 16.8. The summed E-state index contributed by atoms with van der Waals surface area (Å²) >= 11 is 0. The molecule has 1 aromatic heterocycles. The Kier molecular flexibility index (Phi) is 9.05. The summed E-state index contributed by atoms with van der Waals surface area (Å²) in [6.45, 7) is 0. The summed E-state index contributed by atoms with van der Waals surface area (Å²) in [6.07, 6.45) is 0. The Morgan fingerprint density at radius 3 is 1.25 bits per heavy atom. The molecular weight excluding hydrogens is 739 g/mol. The van der Waals surface area contributed by atoms with E-state index in [1.807, 2.05) is 36.4 Å². The zero-order valence-corrected chi connectivity index (χ0v) is 33.4. The molecule has 0 aliphatic heterocycles. The standard InChI is InChI=1S/C58H39N3/c1-5-18-40(19-6-1)41-34-36-43(37-35-41)56-59-55(42-20-7-2-8-21-42)60-57(61-56)47-25-16-23-45(39-47)44-22-15-24-46(38-44)50-31-17-32-52-51-30-13-14-33-53(51)58(54(50)52,48-26-9-3-10-27-48)49-28-11-4-12-29-49/h1-39H. The number of benzene rings is 9. The van der Waals surface area contributed by atoms with Gasteiger partial charge in [0.05, 0.1) is 5.41 Å². The smallest absolute Gasteiger partial charge is 0.164 e. The van der Waals surface area contributed by atoms with Gasteiger partial charge in [0.15, 0.2) is 17.5 Å². The van der Waals surface area contributed by atoms with Gasteiger partial charge in [0, 0.05) is 16.7 Å². The summed E-state index contributed by atoms with van der Waals surface area (Å²) in [5, 5.41) is 0. The average Bonchev–Trinajstić information content (AvgIpc) is 3.66. The van der Waals surface area contributed by atoms with Crippen LogP contribution in [-0.4, -0.2) is 15.0 Å². The molecule has 0 bridgehead atoms. The van der Waals surface area contributed by atoms with Crippen molar-refractivity contribution < 1.29 is 0 Å². The monoisotopic (exact) mass is 777 g/mol. The molecule has 1 aliphatic rings. The predicted octanol–water partition coefficient (Wildman–Crippen LogP) is 14.2. The molecule has 3 heteroatoms. The van der Waals surface area contributed by atoms with E-state index in [1.165, 1.54) is 44.5 Å². The number of aromatic nitrogens is 3. The molecule has 9 aromatic carbocycles. The Hall–Kier alpha value is -8.01. The molecule has 0 N–H and O–H groups in total. The van der Waals surface area contributed by atoms with E-state index in [2.05, 4.69) is 200 Å². The fourth-order valence-electron chi connectivity index (χ4n) is 9.24. The summed E-state index contributed by atoms with van der Waals surface area (Å²) in [6, 6.07) is 84.3. The first-order chi connectivity index (χ1) is 30.2. The molecule has 61 heavy (non-hydrogen) atoms. The van der Waals surface area contributed by atoms with Crippen molar-refractivity contribution in [1.29, 1.82) is 0 Å². The third-order valence-electron chi connectivity index (χ3n) is 12.0. The van der Waals surface area contributed by atoms with Crippen LogP contribution in [0.2, 0.25) is 0 Å². The van der Waals surface area contributed by atoms with Crippen LogP contribution in [0.4, 0.5) is 0 Å². The first-order valence-corrected chi connectivity index (χ1v) is 20.8. The molecule has 0 fully saturated rings. The quantitative estimate of drug-likeness (QED) is 0.154. The van der Waals surface area contributed by atoms with Crippen LogP contribution < -0.4 is 0 Å². The van der Waals surface area contributed by atoms with Crippen molar-refractivity contribution in [2.45, 2.75) is 5.41 Å². The highest BCUT2D eigenvalue weighted by atomic mass is 15.0. The normalized spacial score (nSPS) is 12.4. The highest BCUT2D eigenvalue weighted by Gasteiger charge is 2.47. The molecule has 10 aromatic rings. The van der Waals surface area contributed by atoms with Gasteiger partial charge in [0.2, 0.25) is 0 Å². The Morgan fingerprint density at radius 1 is 0.246 bits per heavy atom. The third-order valence-corrected chi connectivity index (χ3v) is 12.0. The molecule has 1 aliphatic carbocycles. The lowest BCUT2D eigenvalue weighted by molar-refractivity contribution is 0.770. The second kappa shape index (κ2) is 15.3. The van der Waals surface area contributed by atoms with E-state index in [0.717, 1.165) is 38.9 Å². The first-order valence-electron chi connectivity index (χ1n) is 20.8. The van der Waals surface area contributed by atoms with E-state index >= 15 is 0 Å². The molecule has 0 saturated heterocycles. The molecule has 0 unspecified atom stereocenters. The number of hydrogen-bond donors (Lipinski definition) is 0. The number of nitrogens with zero attached hydrogens (tertiary/aromatic N) is 3. The zero-order chi connectivity index (χ0) is 40.6. The Bertz CT molecular complexity index is 3120. The van der Waals surface area contributed by atoms with Gasteiger partial charge in [-0.3, -0.25) is 0 Å². The van der Waals surface area contributed by atoms with E-state index in [1.54, 1.807) is 0 Å². The SMILES string of the molecule is c1ccc(-c2ccc(-c3nc(-c4ccccc4)nc(-c4cccc(-c5cccc(-c6cccc7c6C(c6ccccc6)(c6ccccc6)c6ccccc6-7)c5)c4)n3)cc2)cc1. The first kappa shape index (κ1) is 36.1. The number of rotatable bonds is 8. The van der Waals surface area contributed by atoms with E-state index in [-0.39, 0.29) is 0 Å². The van der Waals surface area contributed by atoms with Crippen molar-refractivity contribution in [1.82, 2.24) is 15.0 Å². The summed E-state index contributed by atoms with van der Waals surface area (Å²) < 4.78 is 0. The molecule has 11 rings (SSSR count). The van der Waals surface area contributed by atoms with Crippen molar-refractivity contribution >= 4 is 0 Å². The fraction of sp³-hybridized carbons (Fsp3) is 0.0172. The van der Waals surface area contributed by atoms with Crippen molar-refractivity contribution in [3.05, 3.63) is 259 Å². The minimum atomic E-state index is -0.504. The van der Waals surface area contributed by atoms with Gasteiger partial charge in [-0.2, -0.15) is 0 Å². The maximum atomic E-state index is 5.11. The average molecular weight is 778 g/mol. The zero-order valence-electron chi connectivity index (χ0n) is 33.4. The van der Waals surface area contributed by atoms with E-state index in [0.29, 0.717) is 17.5 Å². The van der Waals surface area contributed by atoms with Gasteiger partial charge in [0.1, 0.15) is 0 Å². The molecule has 3 nitrogen and oxygen atoms in total. The second-order valence-electron chi connectivity index (χ2n) is 15.5. The fourth-order valence-corrected chi connectivity index (χ4v) is 9.24. The van der Waals surface area contributed by atoms with Gasteiger partial charge >= 0.3 is 0 Å². The lowest BCUT2D eigenvalue weighted by Crippen LogP contribution is -2.29. The predicted molar refractivity (Wildman–Crippen MR) is 250 cm³/mol. The highest BCUT2D eigenvalue weighted by molar-refractivity contribution is 5.93. The number of hydrogen-bond acceptors (Lipinski definition) is 3. The maximum absolute atomic E-state index is 5.11. The molecule has 0 saturated carbocycles. The van der Waals surface area contributed by atoms with Gasteiger partial charge in [-0.1, -0.05) is 224 Å². The van der Waals surface area contributed by atoms with Crippen LogP contribution >= 0.6 is 0 Å². The lowest BCUT2D eigenvalue weighted by Gasteiger charge is -2.35. The van der Waals surface area contributed by atoms with E-state index in [9.17, 15) is 0 Å². The number of fused-ring (bicyclic) bond motifs is 3. The van der Waals surface area contributed by atoms with E-state index < -0.39 is 5.41 Å². The summed E-state index contributed by atoms with van der Waals surface area (Å²) in [5.74, 6) is 1.90. The molecule has 0 radical (unpaired) electrons. The van der Waals surface area contributed by atoms with Gasteiger partial charge in [-0.25, -0.2) is 15.0 Å². The minimum absolute atomic E-state index is 0.504. The Labute approximate surface area is 356 Å². The van der Waals surface area contributed by atoms with Crippen molar-refractivity contribution in [2.24, 2.45) is 0 Å². The third kappa shape index (κ3) is 6.35. The molecule has 0 atom stereocenters. The highest BCUT2D eigenvalue weighted by Crippen LogP contribution is 2.58. The van der Waals surface area contributed by atoms with Crippen molar-refractivity contribution in [2.75, 3.05) is 0 Å². The van der Waals surface area contributed by atoms with Crippen LogP contribution in [0, 0.1) is 0 Å². The van der Waals surface area contributed by atoms with Crippen LogP contribution in [0.3, 0.4) is 0 Å². The molecule has 1 heterocycles. The van der Waals surface area contributed by atoms with Gasteiger partial charge in [0.25, 0.3) is 0 Å². The van der Waals surface area contributed by atoms with Crippen molar-refractivity contribution in [3.63, 3.8) is 0 Å². The Balaban J connectivity index is 1.03. The minimum Gasteiger partial charge on any atom is -0.208 e. The summed E-state index contributed by atoms with van der Waals surface area (Å²) in [7, 11) is 0. The molecular formula is C58H39N3.